The lowest BCUT2D eigenvalue weighted by molar-refractivity contribution is 0.625. The Morgan fingerprint density at radius 1 is 1.12 bits per heavy atom. The highest BCUT2D eigenvalue weighted by Crippen LogP contribution is 2.13. The van der Waals surface area contributed by atoms with Crippen LogP contribution in [0.4, 0.5) is 4.39 Å². The molecule has 4 aromatic rings. The topological polar surface area (TPSA) is 47.3 Å². The van der Waals surface area contributed by atoms with Gasteiger partial charge in [-0.2, -0.15) is 9.50 Å². The number of fused-ring (bicyclic) bond motifs is 1. The van der Waals surface area contributed by atoms with Gasteiger partial charge in [-0.3, -0.25) is 4.79 Å². The van der Waals surface area contributed by atoms with Gasteiger partial charge in [0.25, 0.3) is 5.56 Å². The number of hydrogen-bond acceptors (Lipinski definition) is 5. The van der Waals surface area contributed by atoms with E-state index in [-0.39, 0.29) is 11.4 Å². The van der Waals surface area contributed by atoms with Gasteiger partial charge in [-0.1, -0.05) is 35.6 Å². The van der Waals surface area contributed by atoms with Crippen molar-refractivity contribution in [3.63, 3.8) is 0 Å². The van der Waals surface area contributed by atoms with Crippen LogP contribution in [0.3, 0.4) is 0 Å². The van der Waals surface area contributed by atoms with E-state index in [0.29, 0.717) is 20.9 Å². The van der Waals surface area contributed by atoms with Crippen molar-refractivity contribution in [2.45, 2.75) is 0 Å². The third kappa shape index (κ3) is 2.79. The lowest BCUT2D eigenvalue weighted by Gasteiger charge is -1.92. The summed E-state index contributed by atoms with van der Waals surface area (Å²) in [5.74, 6) is 0.111. The second-order valence-electron chi connectivity index (χ2n) is 4.95. The highest BCUT2D eigenvalue weighted by molar-refractivity contribution is 7.15. The van der Waals surface area contributed by atoms with Gasteiger partial charge in [0.15, 0.2) is 5.82 Å². The minimum absolute atomic E-state index is 0.290. The Kier molecular flexibility index (Phi) is 3.79. The SMILES string of the molecule is O=c1/c(=C\c2ccccc2F)sc2nc(/C=C/c3cccs3)nn12. The highest BCUT2D eigenvalue weighted by Gasteiger charge is 2.09. The first-order chi connectivity index (χ1) is 11.7. The first-order valence-electron chi connectivity index (χ1n) is 7.08. The van der Waals surface area contributed by atoms with Gasteiger partial charge in [-0.25, -0.2) is 4.39 Å². The van der Waals surface area contributed by atoms with Crippen LogP contribution in [0.15, 0.2) is 46.6 Å². The van der Waals surface area contributed by atoms with Crippen LogP contribution in [-0.2, 0) is 0 Å². The van der Waals surface area contributed by atoms with E-state index in [0.717, 1.165) is 4.88 Å². The zero-order chi connectivity index (χ0) is 16.5. The minimum Gasteiger partial charge on any atom is -0.266 e. The monoisotopic (exact) mass is 355 g/mol. The highest BCUT2D eigenvalue weighted by atomic mass is 32.1. The van der Waals surface area contributed by atoms with Crippen LogP contribution < -0.4 is 10.1 Å². The standard InChI is InChI=1S/C17H10FN3OS2/c18-13-6-2-1-4-11(13)10-14-16(22)21-17(24-14)19-15(20-21)8-7-12-5-3-9-23-12/h1-10H/b8-7+,14-10+. The van der Waals surface area contributed by atoms with Gasteiger partial charge >= 0.3 is 0 Å². The molecular weight excluding hydrogens is 345 g/mol. The number of thiophene rings is 1. The molecule has 0 spiro atoms. The molecule has 0 amide bonds. The summed E-state index contributed by atoms with van der Waals surface area (Å²) in [5, 5.41) is 6.19. The number of aromatic nitrogens is 3. The van der Waals surface area contributed by atoms with Crippen LogP contribution in [0, 0.1) is 5.82 Å². The molecule has 0 atom stereocenters. The number of nitrogens with zero attached hydrogens (tertiary/aromatic N) is 3. The van der Waals surface area contributed by atoms with Gasteiger partial charge in [0.05, 0.1) is 4.53 Å². The van der Waals surface area contributed by atoms with E-state index in [2.05, 4.69) is 10.1 Å². The van der Waals surface area contributed by atoms with Crippen LogP contribution in [0.5, 0.6) is 0 Å². The molecule has 1 aromatic carbocycles. The molecule has 0 N–H and O–H groups in total. The van der Waals surface area contributed by atoms with E-state index in [1.807, 2.05) is 23.6 Å². The fourth-order valence-corrected chi connectivity index (χ4v) is 3.72. The van der Waals surface area contributed by atoms with Crippen molar-refractivity contribution >= 4 is 45.9 Å². The predicted molar refractivity (Wildman–Crippen MR) is 95.6 cm³/mol. The molecule has 0 bridgehead atoms. The van der Waals surface area contributed by atoms with E-state index in [1.54, 1.807) is 35.6 Å². The Balaban J connectivity index is 1.74. The average Bonchev–Trinajstić information content (AvgIpc) is 3.27. The number of benzene rings is 1. The normalized spacial score (nSPS) is 12.6. The number of hydrogen-bond donors (Lipinski definition) is 0. The summed E-state index contributed by atoms with van der Waals surface area (Å²) in [6.07, 6.45) is 5.20. The van der Waals surface area contributed by atoms with Crippen molar-refractivity contribution in [1.82, 2.24) is 14.6 Å². The zero-order valence-electron chi connectivity index (χ0n) is 12.2. The molecular formula is C17H10FN3OS2. The van der Waals surface area contributed by atoms with Gasteiger partial charge in [0.1, 0.15) is 5.82 Å². The Bertz CT molecular complexity index is 1140. The maximum Gasteiger partial charge on any atom is 0.291 e. The maximum atomic E-state index is 13.7. The second-order valence-corrected chi connectivity index (χ2v) is 6.94. The van der Waals surface area contributed by atoms with Crippen LogP contribution in [-0.4, -0.2) is 14.6 Å². The van der Waals surface area contributed by atoms with Gasteiger partial charge in [-0.15, -0.1) is 16.4 Å². The quantitative estimate of drug-likeness (QED) is 0.567. The third-order valence-electron chi connectivity index (χ3n) is 3.33. The van der Waals surface area contributed by atoms with E-state index in [9.17, 15) is 9.18 Å². The van der Waals surface area contributed by atoms with Crippen molar-refractivity contribution < 1.29 is 4.39 Å². The summed E-state index contributed by atoms with van der Waals surface area (Å²) in [7, 11) is 0. The van der Waals surface area contributed by atoms with Crippen molar-refractivity contribution in [2.75, 3.05) is 0 Å². The van der Waals surface area contributed by atoms with Crippen molar-refractivity contribution in [3.05, 3.63) is 78.7 Å². The van der Waals surface area contributed by atoms with Crippen molar-refractivity contribution in [2.24, 2.45) is 0 Å². The fourth-order valence-electron chi connectivity index (χ4n) is 2.20. The predicted octanol–water partition coefficient (Wildman–Crippen LogP) is 3.07. The van der Waals surface area contributed by atoms with E-state index >= 15 is 0 Å². The third-order valence-corrected chi connectivity index (χ3v) is 5.13. The summed E-state index contributed by atoms with van der Waals surface area (Å²) >= 11 is 2.81. The molecule has 7 heteroatoms. The Hall–Kier alpha value is -2.64. The van der Waals surface area contributed by atoms with Crippen molar-refractivity contribution in [1.29, 1.82) is 0 Å². The van der Waals surface area contributed by atoms with Crippen LogP contribution >= 0.6 is 22.7 Å². The van der Waals surface area contributed by atoms with Crippen LogP contribution in [0.25, 0.3) is 23.2 Å². The molecule has 3 aromatic heterocycles. The molecule has 0 radical (unpaired) electrons. The molecule has 0 fully saturated rings. The first kappa shape index (κ1) is 14.9. The number of halogens is 1. The molecule has 118 valence electrons. The molecule has 4 rings (SSSR count). The summed E-state index contributed by atoms with van der Waals surface area (Å²) < 4.78 is 15.4. The first-order valence-corrected chi connectivity index (χ1v) is 8.78. The smallest absolute Gasteiger partial charge is 0.266 e. The van der Waals surface area contributed by atoms with Crippen molar-refractivity contribution in [3.8, 4) is 0 Å². The largest absolute Gasteiger partial charge is 0.291 e. The number of rotatable bonds is 3. The second kappa shape index (κ2) is 6.10. The summed E-state index contributed by atoms with van der Waals surface area (Å²) in [6, 6.07) is 10.3. The molecule has 24 heavy (non-hydrogen) atoms. The van der Waals surface area contributed by atoms with E-state index < -0.39 is 0 Å². The maximum absolute atomic E-state index is 13.7. The molecule has 0 unspecified atom stereocenters. The molecule has 3 heterocycles. The van der Waals surface area contributed by atoms with E-state index in [4.69, 9.17) is 0 Å². The summed E-state index contributed by atoms with van der Waals surface area (Å²) in [4.78, 5) is 18.3. The van der Waals surface area contributed by atoms with E-state index in [1.165, 1.54) is 28.0 Å². The Morgan fingerprint density at radius 3 is 2.75 bits per heavy atom. The Morgan fingerprint density at radius 2 is 2.00 bits per heavy atom. The number of thiazole rings is 1. The molecule has 0 saturated heterocycles. The average molecular weight is 355 g/mol. The van der Waals surface area contributed by atoms with Gasteiger partial charge in [-0.05, 0) is 35.7 Å². The lowest BCUT2D eigenvalue weighted by Crippen LogP contribution is -2.23. The van der Waals surface area contributed by atoms with Gasteiger partial charge in [0.2, 0.25) is 4.96 Å². The van der Waals surface area contributed by atoms with Crippen LogP contribution in [0.1, 0.15) is 16.3 Å². The molecule has 0 aliphatic rings. The molecule has 0 aliphatic carbocycles. The summed E-state index contributed by atoms with van der Waals surface area (Å²) in [5.41, 5.74) is 0.0819. The zero-order valence-corrected chi connectivity index (χ0v) is 13.9. The Labute approximate surface area is 143 Å². The molecule has 4 nitrogen and oxygen atoms in total. The van der Waals surface area contributed by atoms with Crippen LogP contribution in [0.2, 0.25) is 0 Å². The fraction of sp³-hybridized carbons (Fsp3) is 0. The molecule has 0 saturated carbocycles. The lowest BCUT2D eigenvalue weighted by atomic mass is 10.2. The summed E-state index contributed by atoms with van der Waals surface area (Å²) in [6.45, 7) is 0. The minimum atomic E-state index is -0.365. The molecule has 0 aliphatic heterocycles. The van der Waals surface area contributed by atoms with Gasteiger partial charge in [0, 0.05) is 10.4 Å². The van der Waals surface area contributed by atoms with Gasteiger partial charge < -0.3 is 0 Å².